The van der Waals surface area contributed by atoms with E-state index in [0.717, 1.165) is 17.3 Å². The molecule has 0 spiro atoms. The van der Waals surface area contributed by atoms with Crippen LogP contribution in [0.3, 0.4) is 0 Å². The zero-order valence-corrected chi connectivity index (χ0v) is 19.7. The SMILES string of the molecule is Cc1ccc(NC(=O)CN2C(=O)/C(=C3\SC(=S)N(Cc4ccco4)C3=O)c3ccccc32)cc1. The standard InChI is InChI=1S/C25H19N3O4S2/c1-15-8-10-16(11-9-15)26-20(29)14-27-19-7-3-2-6-18(19)21(23(27)30)22-24(31)28(25(33)34-22)13-17-5-4-12-32-17/h2-12H,13-14H2,1H3,(H,26,29)/b22-21-. The van der Waals surface area contributed by atoms with Gasteiger partial charge in [0.05, 0.1) is 29.0 Å². The number of thiocarbonyl (C=S) groups is 1. The maximum absolute atomic E-state index is 13.5. The number of benzene rings is 2. The van der Waals surface area contributed by atoms with Crippen molar-refractivity contribution in [2.75, 3.05) is 16.8 Å². The number of rotatable bonds is 5. The van der Waals surface area contributed by atoms with Gasteiger partial charge >= 0.3 is 0 Å². The summed E-state index contributed by atoms with van der Waals surface area (Å²) in [6.45, 7) is 1.97. The normalized spacial score (nSPS) is 17.5. The predicted octanol–water partition coefficient (Wildman–Crippen LogP) is 4.34. The molecule has 3 heterocycles. The number of thioether (sulfide) groups is 1. The molecule has 9 heteroatoms. The van der Waals surface area contributed by atoms with Gasteiger partial charge in [-0.05, 0) is 37.3 Å². The topological polar surface area (TPSA) is 82.9 Å². The highest BCUT2D eigenvalue weighted by Crippen LogP contribution is 2.44. The number of anilines is 2. The Balaban J connectivity index is 1.43. The summed E-state index contributed by atoms with van der Waals surface area (Å²) in [4.78, 5) is 42.6. The Kier molecular flexibility index (Phi) is 5.80. The Hall–Kier alpha value is -3.69. The van der Waals surface area contributed by atoms with Gasteiger partial charge in [-0.2, -0.15) is 0 Å². The third-order valence-electron chi connectivity index (χ3n) is 5.53. The lowest BCUT2D eigenvalue weighted by Gasteiger charge is -2.17. The van der Waals surface area contributed by atoms with Gasteiger partial charge in [-0.15, -0.1) is 0 Å². The molecule has 170 valence electrons. The average Bonchev–Trinajstić information content (AvgIpc) is 3.50. The quantitative estimate of drug-likeness (QED) is 0.424. The van der Waals surface area contributed by atoms with Crippen LogP contribution < -0.4 is 10.2 Å². The van der Waals surface area contributed by atoms with Gasteiger partial charge in [-0.3, -0.25) is 24.2 Å². The molecule has 0 radical (unpaired) electrons. The molecule has 2 aliphatic rings. The largest absolute Gasteiger partial charge is 0.467 e. The number of nitrogens with zero attached hydrogens (tertiary/aromatic N) is 2. The second-order valence-electron chi connectivity index (χ2n) is 7.87. The van der Waals surface area contributed by atoms with Gasteiger partial charge in [0.15, 0.2) is 0 Å². The molecule has 2 aromatic carbocycles. The van der Waals surface area contributed by atoms with Crippen molar-refractivity contribution in [2.24, 2.45) is 0 Å². The Bertz CT molecular complexity index is 1350. The number of para-hydroxylation sites is 1. The van der Waals surface area contributed by atoms with Crippen LogP contribution >= 0.6 is 24.0 Å². The average molecular weight is 490 g/mol. The highest BCUT2D eigenvalue weighted by atomic mass is 32.2. The maximum atomic E-state index is 13.5. The molecule has 3 amide bonds. The summed E-state index contributed by atoms with van der Waals surface area (Å²) in [6, 6.07) is 18.0. The molecule has 1 aromatic heterocycles. The molecule has 0 atom stereocenters. The highest BCUT2D eigenvalue weighted by Gasteiger charge is 2.42. The van der Waals surface area contributed by atoms with Crippen LogP contribution in [0.5, 0.6) is 0 Å². The summed E-state index contributed by atoms with van der Waals surface area (Å²) in [7, 11) is 0. The Morgan fingerprint density at radius 3 is 2.50 bits per heavy atom. The Morgan fingerprint density at radius 2 is 1.76 bits per heavy atom. The van der Waals surface area contributed by atoms with Gasteiger partial charge in [0.1, 0.15) is 16.6 Å². The van der Waals surface area contributed by atoms with Crippen molar-refractivity contribution < 1.29 is 18.8 Å². The number of carbonyl (C=O) groups is 3. The van der Waals surface area contributed by atoms with E-state index in [4.69, 9.17) is 16.6 Å². The monoisotopic (exact) mass is 489 g/mol. The van der Waals surface area contributed by atoms with Crippen LogP contribution in [-0.2, 0) is 20.9 Å². The third-order valence-corrected chi connectivity index (χ3v) is 6.98. The molecule has 1 fully saturated rings. The summed E-state index contributed by atoms with van der Waals surface area (Å²) < 4.78 is 5.70. The van der Waals surface area contributed by atoms with Crippen molar-refractivity contribution in [2.45, 2.75) is 13.5 Å². The van der Waals surface area contributed by atoms with Crippen LogP contribution in [0.1, 0.15) is 16.9 Å². The summed E-state index contributed by atoms with van der Waals surface area (Å²) in [6.07, 6.45) is 1.53. The van der Waals surface area contributed by atoms with E-state index in [0.29, 0.717) is 27.0 Å². The number of carbonyl (C=O) groups excluding carboxylic acids is 3. The second-order valence-corrected chi connectivity index (χ2v) is 9.51. The first-order chi connectivity index (χ1) is 16.4. The first kappa shape index (κ1) is 22.1. The third kappa shape index (κ3) is 4.04. The van der Waals surface area contributed by atoms with Gasteiger partial charge in [-0.25, -0.2) is 0 Å². The number of hydrogen-bond acceptors (Lipinski definition) is 6. The van der Waals surface area contributed by atoms with E-state index in [1.807, 2.05) is 31.2 Å². The van der Waals surface area contributed by atoms with Crippen molar-refractivity contribution in [3.8, 4) is 0 Å². The molecule has 0 aliphatic carbocycles. The van der Waals surface area contributed by atoms with Crippen LogP contribution in [0.25, 0.3) is 5.57 Å². The number of hydrogen-bond donors (Lipinski definition) is 1. The fraction of sp³-hybridized carbons (Fsp3) is 0.120. The summed E-state index contributed by atoms with van der Waals surface area (Å²) in [5, 5.41) is 2.82. The Labute approximate surface area is 205 Å². The molecule has 0 unspecified atom stereocenters. The van der Waals surface area contributed by atoms with E-state index >= 15 is 0 Å². The number of amides is 3. The van der Waals surface area contributed by atoms with Gasteiger partial charge in [-0.1, -0.05) is 59.9 Å². The fourth-order valence-corrected chi connectivity index (χ4v) is 5.21. The molecule has 2 aliphatic heterocycles. The molecule has 3 aromatic rings. The van der Waals surface area contributed by atoms with Crippen LogP contribution in [0.4, 0.5) is 11.4 Å². The number of furan rings is 1. The maximum Gasteiger partial charge on any atom is 0.267 e. The molecule has 1 N–H and O–H groups in total. The van der Waals surface area contributed by atoms with Crippen LogP contribution in [0.15, 0.2) is 76.2 Å². The van der Waals surface area contributed by atoms with Crippen molar-refractivity contribution in [3.05, 3.63) is 88.7 Å². The summed E-state index contributed by atoms with van der Waals surface area (Å²) in [5.41, 5.74) is 3.18. The molecule has 0 saturated carbocycles. The fourth-order valence-electron chi connectivity index (χ4n) is 3.88. The first-order valence-electron chi connectivity index (χ1n) is 10.5. The van der Waals surface area contributed by atoms with E-state index in [1.54, 1.807) is 36.4 Å². The first-order valence-corrected chi connectivity index (χ1v) is 11.7. The Morgan fingerprint density at radius 1 is 1.00 bits per heavy atom. The van der Waals surface area contributed by atoms with E-state index in [1.165, 1.54) is 16.1 Å². The smallest absolute Gasteiger partial charge is 0.267 e. The minimum Gasteiger partial charge on any atom is -0.467 e. The molecule has 1 saturated heterocycles. The number of aryl methyl sites for hydroxylation is 1. The van der Waals surface area contributed by atoms with E-state index in [9.17, 15) is 14.4 Å². The molecule has 34 heavy (non-hydrogen) atoms. The van der Waals surface area contributed by atoms with Crippen molar-refractivity contribution >= 4 is 63.0 Å². The van der Waals surface area contributed by atoms with Crippen molar-refractivity contribution in [1.82, 2.24) is 4.90 Å². The molecule has 0 bridgehead atoms. The zero-order valence-electron chi connectivity index (χ0n) is 18.1. The van der Waals surface area contributed by atoms with Gasteiger partial charge in [0.2, 0.25) is 5.91 Å². The molecular formula is C25H19N3O4S2. The molecular weight excluding hydrogens is 470 g/mol. The van der Waals surface area contributed by atoms with Gasteiger partial charge in [0, 0.05) is 11.3 Å². The van der Waals surface area contributed by atoms with Crippen molar-refractivity contribution in [1.29, 1.82) is 0 Å². The summed E-state index contributed by atoms with van der Waals surface area (Å²) in [5.74, 6) is -0.497. The van der Waals surface area contributed by atoms with E-state index in [-0.39, 0.29) is 35.4 Å². The van der Waals surface area contributed by atoms with Crippen LogP contribution in [-0.4, -0.2) is 33.5 Å². The van der Waals surface area contributed by atoms with E-state index in [2.05, 4.69) is 5.32 Å². The highest BCUT2D eigenvalue weighted by molar-refractivity contribution is 8.26. The lowest BCUT2D eigenvalue weighted by molar-refractivity contribution is -0.123. The molecule has 7 nitrogen and oxygen atoms in total. The summed E-state index contributed by atoms with van der Waals surface area (Å²) >= 11 is 6.52. The second kappa shape index (κ2) is 8.92. The van der Waals surface area contributed by atoms with E-state index < -0.39 is 5.91 Å². The lowest BCUT2D eigenvalue weighted by atomic mass is 10.1. The van der Waals surface area contributed by atoms with Crippen LogP contribution in [0.2, 0.25) is 0 Å². The van der Waals surface area contributed by atoms with Crippen LogP contribution in [0, 0.1) is 6.92 Å². The number of fused-ring (bicyclic) bond motifs is 1. The molecule has 5 rings (SSSR count). The zero-order chi connectivity index (χ0) is 23.8. The van der Waals surface area contributed by atoms with Gasteiger partial charge < -0.3 is 9.73 Å². The number of nitrogens with one attached hydrogen (secondary N) is 1. The predicted molar refractivity (Wildman–Crippen MR) is 135 cm³/mol. The van der Waals surface area contributed by atoms with Gasteiger partial charge in [0.25, 0.3) is 11.8 Å². The minimum absolute atomic E-state index is 0.181. The lowest BCUT2D eigenvalue weighted by Crippen LogP contribution is -2.35. The minimum atomic E-state index is -0.404. The van der Waals surface area contributed by atoms with Crippen molar-refractivity contribution in [3.63, 3.8) is 0 Å².